The molecule has 34 heavy (non-hydrogen) atoms. The highest BCUT2D eigenvalue weighted by Crippen LogP contribution is 2.33. The van der Waals surface area contributed by atoms with Crippen LogP contribution < -0.4 is 5.32 Å². The molecule has 2 amide bonds. The normalized spacial score (nSPS) is 15.5. The van der Waals surface area contributed by atoms with Crippen LogP contribution in [0, 0.1) is 6.92 Å². The molecular formula is C27H30N4O3. The molecule has 1 atom stereocenters. The molecule has 0 saturated heterocycles. The van der Waals surface area contributed by atoms with Crippen LogP contribution in [0.3, 0.4) is 0 Å². The van der Waals surface area contributed by atoms with Crippen LogP contribution >= 0.6 is 0 Å². The smallest absolute Gasteiger partial charge is 0.257 e. The summed E-state index contributed by atoms with van der Waals surface area (Å²) in [6, 6.07) is 19.2. The Morgan fingerprint density at radius 3 is 2.56 bits per heavy atom. The minimum absolute atomic E-state index is 0.0602. The highest BCUT2D eigenvalue weighted by molar-refractivity contribution is 6.03. The Labute approximate surface area is 200 Å². The number of likely N-dealkylation sites (N-methyl/N-ethyl adjacent to an activating group) is 1. The van der Waals surface area contributed by atoms with Gasteiger partial charge >= 0.3 is 0 Å². The van der Waals surface area contributed by atoms with Gasteiger partial charge in [0.15, 0.2) is 0 Å². The zero-order valence-corrected chi connectivity index (χ0v) is 19.8. The van der Waals surface area contributed by atoms with Crippen molar-refractivity contribution in [2.75, 3.05) is 25.5 Å². The lowest BCUT2D eigenvalue weighted by molar-refractivity contribution is -0.134. The molecule has 0 bridgehead atoms. The number of carbonyl (C=O) groups is 2. The zero-order valence-electron chi connectivity index (χ0n) is 19.8. The van der Waals surface area contributed by atoms with Crippen molar-refractivity contribution in [3.05, 3.63) is 89.4 Å². The molecule has 0 saturated carbocycles. The van der Waals surface area contributed by atoms with Crippen molar-refractivity contribution in [2.24, 2.45) is 5.10 Å². The summed E-state index contributed by atoms with van der Waals surface area (Å²) in [6.07, 6.45) is 3.00. The van der Waals surface area contributed by atoms with E-state index >= 15 is 0 Å². The number of hydrogen-bond donors (Lipinski definition) is 1. The predicted octanol–water partition coefficient (Wildman–Crippen LogP) is 4.40. The number of nitrogens with one attached hydrogen (secondary N) is 1. The molecule has 7 nitrogen and oxygen atoms in total. The lowest BCUT2D eigenvalue weighted by atomic mass is 10.0. The number of amides is 2. The van der Waals surface area contributed by atoms with Crippen molar-refractivity contribution >= 4 is 23.2 Å². The number of hydrogen-bond acceptors (Lipinski definition) is 5. The molecule has 2 aromatic carbocycles. The second kappa shape index (κ2) is 10.5. The maximum atomic E-state index is 13.2. The second-order valence-corrected chi connectivity index (χ2v) is 8.62. The van der Waals surface area contributed by atoms with E-state index in [4.69, 9.17) is 4.42 Å². The molecule has 1 unspecified atom stereocenters. The van der Waals surface area contributed by atoms with Crippen molar-refractivity contribution in [3.63, 3.8) is 0 Å². The fraction of sp³-hybridized carbons (Fsp3) is 0.296. The summed E-state index contributed by atoms with van der Waals surface area (Å²) in [7, 11) is 1.76. The van der Waals surface area contributed by atoms with E-state index in [0.29, 0.717) is 12.2 Å². The van der Waals surface area contributed by atoms with Gasteiger partial charge in [-0.2, -0.15) is 5.10 Å². The van der Waals surface area contributed by atoms with Crippen LogP contribution in [-0.2, 0) is 16.0 Å². The minimum Gasteiger partial charge on any atom is -0.467 e. The van der Waals surface area contributed by atoms with Gasteiger partial charge < -0.3 is 9.73 Å². The Bertz CT molecular complexity index is 1170. The van der Waals surface area contributed by atoms with E-state index in [2.05, 4.69) is 10.4 Å². The Morgan fingerprint density at radius 2 is 1.85 bits per heavy atom. The van der Waals surface area contributed by atoms with Crippen LogP contribution in [0.15, 0.2) is 76.4 Å². The first-order chi connectivity index (χ1) is 16.4. The molecule has 1 aliphatic heterocycles. The summed E-state index contributed by atoms with van der Waals surface area (Å²) in [5.41, 5.74) is 4.87. The van der Waals surface area contributed by atoms with E-state index in [1.54, 1.807) is 18.2 Å². The Hall–Kier alpha value is -3.71. The summed E-state index contributed by atoms with van der Waals surface area (Å²) in [5.74, 6) is 0.340. The molecule has 176 valence electrons. The van der Waals surface area contributed by atoms with E-state index in [1.807, 2.05) is 74.5 Å². The van der Waals surface area contributed by atoms with Gasteiger partial charge in [-0.3, -0.25) is 14.5 Å². The number of anilines is 1. The highest BCUT2D eigenvalue weighted by Gasteiger charge is 2.35. The fourth-order valence-electron chi connectivity index (χ4n) is 4.11. The number of rotatable bonds is 8. The lowest BCUT2D eigenvalue weighted by Crippen LogP contribution is -2.39. The highest BCUT2D eigenvalue weighted by atomic mass is 16.3. The van der Waals surface area contributed by atoms with Crippen molar-refractivity contribution < 1.29 is 14.0 Å². The summed E-state index contributed by atoms with van der Waals surface area (Å²) in [6.45, 7) is 4.24. The molecule has 0 spiro atoms. The van der Waals surface area contributed by atoms with Crippen LogP contribution in [0.5, 0.6) is 0 Å². The Morgan fingerprint density at radius 1 is 1.09 bits per heavy atom. The standard InChI is InChI=1S/C27H30N4O3/c1-4-20-8-5-6-9-22(20)28-26(32)17-30(3)18-27(33)31-24(25-10-7-15-34-25)16-23(29-31)21-13-11-19(2)12-14-21/h5-15,24H,4,16-18H2,1-3H3,(H,28,32). The third kappa shape index (κ3) is 5.43. The third-order valence-corrected chi connectivity index (χ3v) is 5.91. The van der Waals surface area contributed by atoms with Crippen LogP contribution in [0.2, 0.25) is 0 Å². The molecule has 1 aliphatic rings. The molecule has 0 aliphatic carbocycles. The Balaban J connectivity index is 1.43. The van der Waals surface area contributed by atoms with Gasteiger partial charge in [-0.05, 0) is 49.7 Å². The summed E-state index contributed by atoms with van der Waals surface area (Å²) < 4.78 is 5.61. The van der Waals surface area contributed by atoms with Crippen LogP contribution in [0.4, 0.5) is 5.69 Å². The van der Waals surface area contributed by atoms with E-state index in [-0.39, 0.29) is 30.9 Å². The monoisotopic (exact) mass is 458 g/mol. The number of hydrazone groups is 1. The van der Waals surface area contributed by atoms with Gasteiger partial charge in [0, 0.05) is 12.1 Å². The number of nitrogens with zero attached hydrogens (tertiary/aromatic N) is 3. The zero-order chi connectivity index (χ0) is 24.1. The number of furan rings is 1. The van der Waals surface area contributed by atoms with Gasteiger partial charge in [0.25, 0.3) is 5.91 Å². The summed E-state index contributed by atoms with van der Waals surface area (Å²) in [4.78, 5) is 27.5. The first-order valence-corrected chi connectivity index (χ1v) is 11.5. The van der Waals surface area contributed by atoms with E-state index < -0.39 is 0 Å². The molecule has 1 aromatic heterocycles. The van der Waals surface area contributed by atoms with Crippen molar-refractivity contribution in [2.45, 2.75) is 32.7 Å². The van der Waals surface area contributed by atoms with E-state index in [0.717, 1.165) is 28.9 Å². The topological polar surface area (TPSA) is 78.2 Å². The predicted molar refractivity (Wildman–Crippen MR) is 133 cm³/mol. The van der Waals surface area contributed by atoms with Crippen molar-refractivity contribution in [1.82, 2.24) is 9.91 Å². The number of benzene rings is 2. The Kier molecular flexibility index (Phi) is 7.23. The van der Waals surface area contributed by atoms with E-state index in [9.17, 15) is 9.59 Å². The van der Waals surface area contributed by atoms with Gasteiger partial charge in [-0.25, -0.2) is 5.01 Å². The third-order valence-electron chi connectivity index (χ3n) is 5.91. The molecular weight excluding hydrogens is 428 g/mol. The van der Waals surface area contributed by atoms with Crippen LogP contribution in [-0.4, -0.2) is 47.6 Å². The second-order valence-electron chi connectivity index (χ2n) is 8.62. The van der Waals surface area contributed by atoms with Gasteiger partial charge in [0.2, 0.25) is 5.91 Å². The molecule has 0 radical (unpaired) electrons. The molecule has 7 heteroatoms. The largest absolute Gasteiger partial charge is 0.467 e. The van der Waals surface area contributed by atoms with Crippen LogP contribution in [0.25, 0.3) is 0 Å². The van der Waals surface area contributed by atoms with E-state index in [1.165, 1.54) is 10.6 Å². The molecule has 2 heterocycles. The van der Waals surface area contributed by atoms with Crippen LogP contribution in [0.1, 0.15) is 41.8 Å². The number of aryl methyl sites for hydroxylation is 2. The lowest BCUT2D eigenvalue weighted by Gasteiger charge is -2.23. The number of carbonyl (C=O) groups excluding carboxylic acids is 2. The average molecular weight is 459 g/mol. The minimum atomic E-state index is -0.308. The summed E-state index contributed by atoms with van der Waals surface area (Å²) in [5, 5.41) is 9.11. The fourth-order valence-corrected chi connectivity index (χ4v) is 4.11. The quantitative estimate of drug-likeness (QED) is 0.543. The van der Waals surface area contributed by atoms with Gasteiger partial charge in [0.1, 0.15) is 11.8 Å². The average Bonchev–Trinajstić information content (AvgIpc) is 3.50. The maximum absolute atomic E-state index is 13.2. The molecule has 3 aromatic rings. The SMILES string of the molecule is CCc1ccccc1NC(=O)CN(C)CC(=O)N1N=C(c2ccc(C)cc2)CC1c1ccco1. The van der Waals surface area contributed by atoms with Crippen molar-refractivity contribution in [1.29, 1.82) is 0 Å². The van der Waals surface area contributed by atoms with Crippen molar-refractivity contribution in [3.8, 4) is 0 Å². The number of para-hydroxylation sites is 1. The van der Waals surface area contributed by atoms with Gasteiger partial charge in [0.05, 0.1) is 25.1 Å². The van der Waals surface area contributed by atoms with Gasteiger partial charge in [-0.1, -0.05) is 55.0 Å². The molecule has 4 rings (SSSR count). The molecule has 1 N–H and O–H groups in total. The summed E-state index contributed by atoms with van der Waals surface area (Å²) >= 11 is 0. The van der Waals surface area contributed by atoms with Gasteiger partial charge in [-0.15, -0.1) is 0 Å². The molecule has 0 fully saturated rings. The first kappa shape index (κ1) is 23.4. The first-order valence-electron chi connectivity index (χ1n) is 11.5. The maximum Gasteiger partial charge on any atom is 0.257 e.